The summed E-state index contributed by atoms with van der Waals surface area (Å²) in [5, 5.41) is 9.04. The Morgan fingerprint density at radius 1 is 1.16 bits per heavy atom. The highest BCUT2D eigenvalue weighted by atomic mass is 16.3. The van der Waals surface area contributed by atoms with Crippen LogP contribution in [0.15, 0.2) is 30.3 Å². The lowest BCUT2D eigenvalue weighted by molar-refractivity contribution is 0.0756. The van der Waals surface area contributed by atoms with Gasteiger partial charge in [0, 0.05) is 12.2 Å². The van der Waals surface area contributed by atoms with E-state index in [1.807, 2.05) is 30.3 Å². The smallest absolute Gasteiger partial charge is 0.179 e. The number of aliphatic hydroxyl groups is 1. The van der Waals surface area contributed by atoms with E-state index in [0.29, 0.717) is 6.42 Å². The number of ketones is 1. The first kappa shape index (κ1) is 14.2. The molecule has 1 aliphatic heterocycles. The van der Waals surface area contributed by atoms with E-state index in [1.54, 1.807) is 0 Å². The fourth-order valence-electron chi connectivity index (χ4n) is 2.79. The third kappa shape index (κ3) is 3.88. The molecule has 0 bridgehead atoms. The first-order chi connectivity index (χ1) is 9.33. The summed E-state index contributed by atoms with van der Waals surface area (Å²) >= 11 is 0. The number of likely N-dealkylation sites (tertiary alicyclic amines) is 1. The molecular formula is C16H23NO2. The van der Waals surface area contributed by atoms with Crippen molar-refractivity contribution in [3.8, 4) is 0 Å². The van der Waals surface area contributed by atoms with Crippen molar-refractivity contribution in [2.75, 3.05) is 19.7 Å². The lowest BCUT2D eigenvalue weighted by Gasteiger charge is -2.33. The normalized spacial score (nSPS) is 18.2. The number of rotatable bonds is 6. The molecule has 3 nitrogen and oxygen atoms in total. The van der Waals surface area contributed by atoms with Crippen molar-refractivity contribution >= 4 is 5.78 Å². The molecule has 2 rings (SSSR count). The summed E-state index contributed by atoms with van der Waals surface area (Å²) < 4.78 is 0. The van der Waals surface area contributed by atoms with E-state index >= 15 is 0 Å². The fourth-order valence-corrected chi connectivity index (χ4v) is 2.79. The van der Waals surface area contributed by atoms with E-state index in [-0.39, 0.29) is 18.4 Å². The minimum atomic E-state index is -0.0603. The van der Waals surface area contributed by atoms with Crippen molar-refractivity contribution in [3.05, 3.63) is 35.9 Å². The Morgan fingerprint density at radius 2 is 1.84 bits per heavy atom. The molecular weight excluding hydrogens is 238 g/mol. The largest absolute Gasteiger partial charge is 0.396 e. The van der Waals surface area contributed by atoms with E-state index in [9.17, 15) is 4.79 Å². The van der Waals surface area contributed by atoms with Crippen LogP contribution in [-0.4, -0.2) is 41.5 Å². The SMILES string of the molecule is O=C(c1ccccc1)C(CCCO)N1CCCCC1. The zero-order chi connectivity index (χ0) is 13.5. The summed E-state index contributed by atoms with van der Waals surface area (Å²) in [7, 11) is 0. The second-order valence-corrected chi connectivity index (χ2v) is 5.21. The van der Waals surface area contributed by atoms with Crippen LogP contribution in [0.4, 0.5) is 0 Å². The number of hydrogen-bond acceptors (Lipinski definition) is 3. The Morgan fingerprint density at radius 3 is 2.47 bits per heavy atom. The molecule has 1 saturated heterocycles. The van der Waals surface area contributed by atoms with E-state index in [0.717, 1.165) is 25.1 Å². The van der Waals surface area contributed by atoms with Gasteiger partial charge in [0.1, 0.15) is 0 Å². The third-order valence-corrected chi connectivity index (χ3v) is 3.83. The Kier molecular flexibility index (Phi) is 5.55. The second-order valence-electron chi connectivity index (χ2n) is 5.21. The molecule has 3 heteroatoms. The van der Waals surface area contributed by atoms with Crippen LogP contribution in [0.25, 0.3) is 0 Å². The average Bonchev–Trinajstić information content (AvgIpc) is 2.49. The quantitative estimate of drug-likeness (QED) is 0.800. The maximum atomic E-state index is 12.6. The molecule has 104 valence electrons. The predicted molar refractivity (Wildman–Crippen MR) is 76.3 cm³/mol. The van der Waals surface area contributed by atoms with E-state index in [2.05, 4.69) is 4.90 Å². The number of benzene rings is 1. The van der Waals surface area contributed by atoms with Gasteiger partial charge in [0.2, 0.25) is 0 Å². The van der Waals surface area contributed by atoms with Crippen molar-refractivity contribution in [1.82, 2.24) is 4.90 Å². The number of carbonyl (C=O) groups is 1. The Bertz CT molecular complexity index is 385. The molecule has 1 aromatic carbocycles. The van der Waals surface area contributed by atoms with Gasteiger partial charge in [-0.2, -0.15) is 0 Å². The summed E-state index contributed by atoms with van der Waals surface area (Å²) in [6, 6.07) is 9.46. The number of aliphatic hydroxyl groups excluding tert-OH is 1. The number of nitrogens with zero attached hydrogens (tertiary/aromatic N) is 1. The van der Waals surface area contributed by atoms with Crippen LogP contribution in [0.5, 0.6) is 0 Å². The van der Waals surface area contributed by atoms with Gasteiger partial charge in [0.25, 0.3) is 0 Å². The maximum absolute atomic E-state index is 12.6. The summed E-state index contributed by atoms with van der Waals surface area (Å²) in [6.45, 7) is 2.18. The summed E-state index contributed by atoms with van der Waals surface area (Å²) in [6.07, 6.45) is 5.07. The predicted octanol–water partition coefficient (Wildman–Crippen LogP) is 2.50. The molecule has 1 aliphatic rings. The first-order valence-electron chi connectivity index (χ1n) is 7.27. The number of piperidine rings is 1. The Balaban J connectivity index is 2.09. The molecule has 0 saturated carbocycles. The number of hydrogen-bond donors (Lipinski definition) is 1. The second kappa shape index (κ2) is 7.41. The van der Waals surface area contributed by atoms with Crippen LogP contribution in [0.3, 0.4) is 0 Å². The van der Waals surface area contributed by atoms with Gasteiger partial charge < -0.3 is 5.11 Å². The van der Waals surface area contributed by atoms with Gasteiger partial charge >= 0.3 is 0 Å². The third-order valence-electron chi connectivity index (χ3n) is 3.83. The van der Waals surface area contributed by atoms with Crippen molar-refractivity contribution in [1.29, 1.82) is 0 Å². The zero-order valence-corrected chi connectivity index (χ0v) is 11.4. The monoisotopic (exact) mass is 261 g/mol. The molecule has 0 aliphatic carbocycles. The lowest BCUT2D eigenvalue weighted by atomic mass is 9.96. The molecule has 1 atom stereocenters. The van der Waals surface area contributed by atoms with Gasteiger partial charge in [-0.1, -0.05) is 36.8 Å². The summed E-state index contributed by atoms with van der Waals surface area (Å²) in [5.41, 5.74) is 0.788. The Labute approximate surface area is 115 Å². The van der Waals surface area contributed by atoms with E-state index < -0.39 is 0 Å². The molecule has 1 aromatic rings. The van der Waals surface area contributed by atoms with Gasteiger partial charge in [-0.05, 0) is 38.8 Å². The van der Waals surface area contributed by atoms with Crippen LogP contribution in [0, 0.1) is 0 Å². The molecule has 1 N–H and O–H groups in total. The molecule has 19 heavy (non-hydrogen) atoms. The molecule has 0 spiro atoms. The van der Waals surface area contributed by atoms with E-state index in [4.69, 9.17) is 5.11 Å². The van der Waals surface area contributed by atoms with Gasteiger partial charge in [-0.15, -0.1) is 0 Å². The molecule has 1 heterocycles. The van der Waals surface area contributed by atoms with Crippen molar-refractivity contribution in [2.24, 2.45) is 0 Å². The van der Waals surface area contributed by atoms with Gasteiger partial charge in [0.05, 0.1) is 6.04 Å². The standard InChI is InChI=1S/C16H23NO2/c18-13-7-10-15(17-11-5-2-6-12-17)16(19)14-8-3-1-4-9-14/h1,3-4,8-9,15,18H,2,5-7,10-13H2. The van der Waals surface area contributed by atoms with Crippen molar-refractivity contribution in [2.45, 2.75) is 38.1 Å². The average molecular weight is 261 g/mol. The van der Waals surface area contributed by atoms with Crippen molar-refractivity contribution in [3.63, 3.8) is 0 Å². The highest BCUT2D eigenvalue weighted by Gasteiger charge is 2.27. The minimum absolute atomic E-state index is 0.0603. The maximum Gasteiger partial charge on any atom is 0.179 e. The summed E-state index contributed by atoms with van der Waals surface area (Å²) in [4.78, 5) is 14.9. The van der Waals surface area contributed by atoms with Crippen LogP contribution >= 0.6 is 0 Å². The first-order valence-corrected chi connectivity index (χ1v) is 7.27. The number of Topliss-reactive ketones (excluding diaryl/α,β-unsaturated/α-hetero) is 1. The van der Waals surface area contributed by atoms with Crippen LogP contribution in [0.1, 0.15) is 42.5 Å². The topological polar surface area (TPSA) is 40.5 Å². The van der Waals surface area contributed by atoms with Gasteiger partial charge in [0.15, 0.2) is 5.78 Å². The minimum Gasteiger partial charge on any atom is -0.396 e. The highest BCUT2D eigenvalue weighted by Crippen LogP contribution is 2.19. The fraction of sp³-hybridized carbons (Fsp3) is 0.562. The van der Waals surface area contributed by atoms with Gasteiger partial charge in [-0.25, -0.2) is 0 Å². The van der Waals surface area contributed by atoms with Crippen LogP contribution < -0.4 is 0 Å². The molecule has 1 fully saturated rings. The molecule has 0 aromatic heterocycles. The van der Waals surface area contributed by atoms with Crippen LogP contribution in [0.2, 0.25) is 0 Å². The van der Waals surface area contributed by atoms with E-state index in [1.165, 1.54) is 19.3 Å². The van der Waals surface area contributed by atoms with Gasteiger partial charge in [-0.3, -0.25) is 9.69 Å². The zero-order valence-electron chi connectivity index (χ0n) is 11.4. The number of carbonyl (C=O) groups excluding carboxylic acids is 1. The Hall–Kier alpha value is -1.19. The molecule has 0 amide bonds. The van der Waals surface area contributed by atoms with Crippen LogP contribution in [-0.2, 0) is 0 Å². The molecule has 0 radical (unpaired) electrons. The highest BCUT2D eigenvalue weighted by molar-refractivity contribution is 6.00. The van der Waals surface area contributed by atoms with Crippen molar-refractivity contribution < 1.29 is 9.90 Å². The lowest BCUT2D eigenvalue weighted by Crippen LogP contribution is -2.44. The summed E-state index contributed by atoms with van der Waals surface area (Å²) in [5.74, 6) is 0.205. The molecule has 1 unspecified atom stereocenters.